The number of alkyl halides is 3. The van der Waals surface area contributed by atoms with Gasteiger partial charge in [-0.3, -0.25) is 3.97 Å². The molecular formula is C12H14F3IN2OS. The van der Waals surface area contributed by atoms with E-state index in [0.29, 0.717) is 11.1 Å². The van der Waals surface area contributed by atoms with Crippen molar-refractivity contribution in [3.05, 3.63) is 23.5 Å². The molecule has 0 spiro atoms. The third-order valence-corrected chi connectivity index (χ3v) is 4.23. The number of halogens is 4. The van der Waals surface area contributed by atoms with E-state index in [4.69, 9.17) is 4.74 Å². The van der Waals surface area contributed by atoms with Crippen LogP contribution in [-0.4, -0.2) is 16.1 Å². The van der Waals surface area contributed by atoms with Crippen molar-refractivity contribution in [2.24, 2.45) is 0 Å². The summed E-state index contributed by atoms with van der Waals surface area (Å²) >= 11 is 2.00. The van der Waals surface area contributed by atoms with Crippen molar-refractivity contribution in [3.63, 3.8) is 0 Å². The van der Waals surface area contributed by atoms with E-state index in [1.54, 1.807) is 17.1 Å². The first-order valence-corrected chi connectivity index (χ1v) is 9.12. The second-order valence-electron chi connectivity index (χ2n) is 3.61. The number of ether oxygens (including phenoxy) is 1. The molecule has 3 nitrogen and oxygen atoms in total. The first kappa shape index (κ1) is 17.4. The first-order chi connectivity index (χ1) is 9.40. The average Bonchev–Trinajstić information content (AvgIpc) is 2.76. The molecule has 112 valence electrons. The zero-order valence-corrected chi connectivity index (χ0v) is 14.4. The van der Waals surface area contributed by atoms with Crippen LogP contribution in [-0.2, 0) is 6.18 Å². The highest BCUT2D eigenvalue weighted by atomic mass is 127. The van der Waals surface area contributed by atoms with Crippen LogP contribution in [0.15, 0.2) is 12.4 Å². The van der Waals surface area contributed by atoms with Crippen molar-refractivity contribution >= 4 is 41.2 Å². The standard InChI is InChI=1S/C10H8F3IN2OS.C2H6/c1-5-4-16(18-14)8-7(5)6(10(11,12)13)3-15-9(8)17-2;1-2/h3-4H,1-2H3;1-2H3. The molecule has 0 amide bonds. The van der Waals surface area contributed by atoms with Gasteiger partial charge in [0.1, 0.15) is 5.52 Å². The monoisotopic (exact) mass is 418 g/mol. The molecule has 0 radical (unpaired) electrons. The highest BCUT2D eigenvalue weighted by Gasteiger charge is 2.35. The van der Waals surface area contributed by atoms with Gasteiger partial charge in [-0.05, 0) is 12.5 Å². The van der Waals surface area contributed by atoms with Crippen molar-refractivity contribution in [1.82, 2.24) is 8.96 Å². The second kappa shape index (κ2) is 6.88. The Hall–Kier alpha value is -0.640. The minimum Gasteiger partial charge on any atom is -0.479 e. The zero-order valence-electron chi connectivity index (χ0n) is 11.4. The molecule has 8 heteroatoms. The highest BCUT2D eigenvalue weighted by molar-refractivity contribution is 14.2. The lowest BCUT2D eigenvalue weighted by atomic mass is 10.1. The average molecular weight is 418 g/mol. The molecule has 0 aliphatic rings. The minimum absolute atomic E-state index is 0.138. The molecule has 20 heavy (non-hydrogen) atoms. The summed E-state index contributed by atoms with van der Waals surface area (Å²) in [6.45, 7) is 5.64. The molecule has 0 unspecified atom stereocenters. The lowest BCUT2D eigenvalue weighted by Crippen LogP contribution is -2.07. The second-order valence-corrected chi connectivity index (χ2v) is 5.32. The molecule has 0 N–H and O–H groups in total. The molecule has 0 bridgehead atoms. The number of rotatable bonds is 2. The Morgan fingerprint density at radius 3 is 2.40 bits per heavy atom. The SMILES string of the molecule is CC.COc1ncc(C(F)(F)F)c2c(C)cn(SI)c12. The zero-order chi connectivity index (χ0) is 15.5. The smallest absolute Gasteiger partial charge is 0.418 e. The predicted molar refractivity (Wildman–Crippen MR) is 84.4 cm³/mol. The molecule has 0 fully saturated rings. The number of hydrogen-bond acceptors (Lipinski definition) is 3. The molecule has 0 atom stereocenters. The number of aromatic nitrogens is 2. The van der Waals surface area contributed by atoms with E-state index < -0.39 is 11.7 Å². The number of aryl methyl sites for hydroxylation is 1. The van der Waals surface area contributed by atoms with Crippen molar-refractivity contribution in [3.8, 4) is 5.88 Å². The number of fused-ring (bicyclic) bond motifs is 1. The van der Waals surface area contributed by atoms with Crippen molar-refractivity contribution in [2.45, 2.75) is 26.9 Å². The highest BCUT2D eigenvalue weighted by Crippen LogP contribution is 2.41. The Balaban J connectivity index is 0.000000956. The van der Waals surface area contributed by atoms with E-state index in [1.807, 2.05) is 35.1 Å². The van der Waals surface area contributed by atoms with Gasteiger partial charge in [0.15, 0.2) is 0 Å². The van der Waals surface area contributed by atoms with Crippen LogP contribution in [0.1, 0.15) is 25.0 Å². The molecule has 0 saturated carbocycles. The maximum Gasteiger partial charge on any atom is 0.418 e. The minimum atomic E-state index is -4.43. The summed E-state index contributed by atoms with van der Waals surface area (Å²) in [7, 11) is 2.66. The Morgan fingerprint density at radius 2 is 1.95 bits per heavy atom. The first-order valence-electron chi connectivity index (χ1n) is 5.81. The van der Waals surface area contributed by atoms with Gasteiger partial charge in [-0.15, -0.1) is 0 Å². The van der Waals surface area contributed by atoms with Gasteiger partial charge >= 0.3 is 6.18 Å². The number of pyridine rings is 1. The van der Waals surface area contributed by atoms with E-state index in [2.05, 4.69) is 4.98 Å². The molecule has 0 aliphatic heterocycles. The Labute approximate surface area is 131 Å². The van der Waals surface area contributed by atoms with Gasteiger partial charge in [0.25, 0.3) is 0 Å². The van der Waals surface area contributed by atoms with E-state index >= 15 is 0 Å². The summed E-state index contributed by atoms with van der Waals surface area (Å²) in [4.78, 5) is 3.73. The Bertz CT molecular complexity index is 598. The lowest BCUT2D eigenvalue weighted by molar-refractivity contribution is -0.136. The van der Waals surface area contributed by atoms with Gasteiger partial charge in [0, 0.05) is 48.1 Å². The maximum absolute atomic E-state index is 12.9. The van der Waals surface area contributed by atoms with E-state index in [9.17, 15) is 13.2 Å². The van der Waals surface area contributed by atoms with Crippen LogP contribution < -0.4 is 4.74 Å². The largest absolute Gasteiger partial charge is 0.479 e. The number of hydrogen-bond donors (Lipinski definition) is 0. The molecule has 2 rings (SSSR count). The molecule has 0 aliphatic carbocycles. The third kappa shape index (κ3) is 3.16. The van der Waals surface area contributed by atoms with E-state index in [-0.39, 0.29) is 11.3 Å². The molecular weight excluding hydrogens is 404 g/mol. The van der Waals surface area contributed by atoms with Gasteiger partial charge in [-0.25, -0.2) is 4.98 Å². The topological polar surface area (TPSA) is 27.1 Å². The van der Waals surface area contributed by atoms with Crippen molar-refractivity contribution in [1.29, 1.82) is 0 Å². The van der Waals surface area contributed by atoms with Crippen LogP contribution in [0.3, 0.4) is 0 Å². The quantitative estimate of drug-likeness (QED) is 0.624. The lowest BCUT2D eigenvalue weighted by Gasteiger charge is -2.11. The fourth-order valence-corrected chi connectivity index (χ4v) is 3.18. The summed E-state index contributed by atoms with van der Waals surface area (Å²) in [5.41, 5.74) is 0.159. The van der Waals surface area contributed by atoms with Gasteiger partial charge in [-0.1, -0.05) is 13.8 Å². The van der Waals surface area contributed by atoms with Crippen LogP contribution in [0.4, 0.5) is 13.2 Å². The van der Waals surface area contributed by atoms with Gasteiger partial charge in [0.2, 0.25) is 5.88 Å². The molecule has 2 aromatic heterocycles. The summed E-state index contributed by atoms with van der Waals surface area (Å²) in [5, 5.41) is 0.138. The van der Waals surface area contributed by atoms with Gasteiger partial charge in [-0.2, -0.15) is 13.2 Å². The van der Waals surface area contributed by atoms with Crippen LogP contribution in [0.25, 0.3) is 10.9 Å². The van der Waals surface area contributed by atoms with Crippen molar-refractivity contribution < 1.29 is 17.9 Å². The fraction of sp³-hybridized carbons (Fsp3) is 0.417. The van der Waals surface area contributed by atoms with Crippen LogP contribution in [0.5, 0.6) is 5.88 Å². The normalized spacial score (nSPS) is 11.2. The molecule has 0 saturated heterocycles. The van der Waals surface area contributed by atoms with Crippen molar-refractivity contribution in [2.75, 3.05) is 7.11 Å². The summed E-state index contributed by atoms with van der Waals surface area (Å²) in [5.74, 6) is 0.190. The molecule has 2 heterocycles. The van der Waals surface area contributed by atoms with Crippen LogP contribution >= 0.6 is 30.3 Å². The van der Waals surface area contributed by atoms with Crippen LogP contribution in [0.2, 0.25) is 0 Å². The van der Waals surface area contributed by atoms with E-state index in [1.165, 1.54) is 16.2 Å². The Kier molecular flexibility index (Phi) is 5.99. The van der Waals surface area contributed by atoms with Gasteiger partial charge in [0.05, 0.1) is 12.7 Å². The maximum atomic E-state index is 12.9. The van der Waals surface area contributed by atoms with E-state index in [0.717, 1.165) is 6.20 Å². The number of methoxy groups -OCH3 is 1. The summed E-state index contributed by atoms with van der Waals surface area (Å²) in [6.07, 6.45) is -1.97. The third-order valence-electron chi connectivity index (χ3n) is 2.52. The fourth-order valence-electron chi connectivity index (χ4n) is 1.81. The molecule has 2 aromatic rings. The molecule has 0 aromatic carbocycles. The summed E-state index contributed by atoms with van der Waals surface area (Å²) in [6, 6.07) is 0. The predicted octanol–water partition coefficient (Wildman–Crippen LogP) is 5.24. The number of nitrogens with zero attached hydrogens (tertiary/aromatic N) is 2. The van der Waals surface area contributed by atoms with Gasteiger partial charge < -0.3 is 4.74 Å². The Morgan fingerprint density at radius 1 is 1.35 bits per heavy atom. The summed E-state index contributed by atoms with van der Waals surface area (Å²) < 4.78 is 45.5. The van der Waals surface area contributed by atoms with Crippen LogP contribution in [0, 0.1) is 6.92 Å².